The van der Waals surface area contributed by atoms with Crippen molar-refractivity contribution in [3.8, 4) is 0 Å². The molecule has 1 heterocycles. The van der Waals surface area contributed by atoms with Gasteiger partial charge in [-0.15, -0.1) is 0 Å². The molecule has 0 fully saturated rings. The molecule has 0 saturated carbocycles. The number of aromatic amines is 1. The molecule has 0 aliphatic rings. The van der Waals surface area contributed by atoms with Gasteiger partial charge in [0.15, 0.2) is 5.96 Å². The molecule has 0 spiro atoms. The summed E-state index contributed by atoms with van der Waals surface area (Å²) in [5.74, 6) is -3.68. The van der Waals surface area contributed by atoms with Crippen LogP contribution in [0.5, 0.6) is 0 Å². The largest absolute Gasteiger partial charge is 0.480 e. The zero-order valence-electron chi connectivity index (χ0n) is 21.7. The fourth-order valence-corrected chi connectivity index (χ4v) is 3.83. The van der Waals surface area contributed by atoms with Gasteiger partial charge < -0.3 is 49.0 Å². The minimum Gasteiger partial charge on any atom is -0.480 e. The third-order valence-electron chi connectivity index (χ3n) is 5.45. The number of thioether (sulfide) groups is 1. The molecule has 218 valence electrons. The van der Waals surface area contributed by atoms with Crippen LogP contribution < -0.4 is 38.9 Å². The molecule has 1 aromatic heterocycles. The van der Waals surface area contributed by atoms with E-state index in [0.29, 0.717) is 17.9 Å². The molecular weight excluding hydrogens is 532 g/mol. The monoisotopic (exact) mass is 570 g/mol. The Morgan fingerprint density at radius 1 is 1.00 bits per heavy atom. The van der Waals surface area contributed by atoms with Crippen molar-refractivity contribution in [2.45, 2.75) is 62.7 Å². The zero-order chi connectivity index (χ0) is 29.4. The first-order valence-electron chi connectivity index (χ1n) is 12.1. The maximum Gasteiger partial charge on any atom is 0.326 e. The minimum absolute atomic E-state index is 0.0362. The number of imidazole rings is 1. The quantitative estimate of drug-likeness (QED) is 0.0455. The summed E-state index contributed by atoms with van der Waals surface area (Å²) < 4.78 is 0. The number of primary amides is 1. The lowest BCUT2D eigenvalue weighted by atomic mass is 10.1. The molecule has 1 aromatic rings. The number of rotatable bonds is 19. The van der Waals surface area contributed by atoms with Crippen molar-refractivity contribution in [3.05, 3.63) is 18.2 Å². The van der Waals surface area contributed by atoms with Gasteiger partial charge in [-0.3, -0.25) is 24.2 Å². The van der Waals surface area contributed by atoms with E-state index in [1.165, 1.54) is 24.3 Å². The summed E-state index contributed by atoms with van der Waals surface area (Å²) in [6.45, 7) is 0.143. The van der Waals surface area contributed by atoms with Crippen molar-refractivity contribution in [3.63, 3.8) is 0 Å². The number of hydrogen-bond acceptors (Lipinski definition) is 9. The highest BCUT2D eigenvalue weighted by atomic mass is 32.2. The minimum atomic E-state index is -1.32. The van der Waals surface area contributed by atoms with E-state index >= 15 is 0 Å². The second-order valence-electron chi connectivity index (χ2n) is 8.64. The van der Waals surface area contributed by atoms with Crippen LogP contribution >= 0.6 is 11.8 Å². The van der Waals surface area contributed by atoms with Crippen molar-refractivity contribution in [1.29, 1.82) is 0 Å². The average Bonchev–Trinajstić information content (AvgIpc) is 3.38. The van der Waals surface area contributed by atoms with Crippen LogP contribution in [0.2, 0.25) is 0 Å². The average molecular weight is 571 g/mol. The van der Waals surface area contributed by atoms with Gasteiger partial charge in [-0.25, -0.2) is 9.78 Å². The zero-order valence-corrected chi connectivity index (χ0v) is 22.5. The van der Waals surface area contributed by atoms with Gasteiger partial charge in [0, 0.05) is 31.3 Å². The summed E-state index contributed by atoms with van der Waals surface area (Å²) in [6.07, 6.45) is 4.87. The van der Waals surface area contributed by atoms with Crippen LogP contribution in [-0.4, -0.2) is 93.4 Å². The fourth-order valence-electron chi connectivity index (χ4n) is 3.34. The molecular formula is C22H38N10O6S. The molecule has 13 N–H and O–H groups in total. The van der Waals surface area contributed by atoms with Crippen LogP contribution in [0.15, 0.2) is 17.5 Å². The molecule has 4 amide bonds. The molecule has 39 heavy (non-hydrogen) atoms. The third kappa shape index (κ3) is 13.5. The Balaban J connectivity index is 3.05. The molecule has 1 rings (SSSR count). The predicted octanol–water partition coefficient (Wildman–Crippen LogP) is -3.11. The Hall–Kier alpha value is -3.86. The van der Waals surface area contributed by atoms with Crippen LogP contribution in [0.3, 0.4) is 0 Å². The molecule has 17 heteroatoms. The first-order chi connectivity index (χ1) is 18.4. The molecule has 4 unspecified atom stereocenters. The molecule has 0 radical (unpaired) electrons. The van der Waals surface area contributed by atoms with Gasteiger partial charge in [0.2, 0.25) is 23.6 Å². The molecule has 0 bridgehead atoms. The highest BCUT2D eigenvalue weighted by Crippen LogP contribution is 2.06. The maximum atomic E-state index is 13.2. The number of aliphatic imine (C=N–C) groups is 1. The van der Waals surface area contributed by atoms with Crippen LogP contribution in [0.1, 0.15) is 37.8 Å². The molecule has 16 nitrogen and oxygen atoms in total. The van der Waals surface area contributed by atoms with E-state index in [2.05, 4.69) is 30.9 Å². The number of carboxylic acid groups (broad SMARTS) is 1. The van der Waals surface area contributed by atoms with Crippen LogP contribution in [0.25, 0.3) is 0 Å². The summed E-state index contributed by atoms with van der Waals surface area (Å²) in [4.78, 5) is 72.4. The van der Waals surface area contributed by atoms with E-state index < -0.39 is 53.8 Å². The molecule has 4 atom stereocenters. The summed E-state index contributed by atoms with van der Waals surface area (Å²) >= 11 is 1.50. The maximum absolute atomic E-state index is 13.2. The van der Waals surface area contributed by atoms with E-state index in [9.17, 15) is 29.1 Å². The molecule has 0 aliphatic heterocycles. The second-order valence-corrected chi connectivity index (χ2v) is 9.63. The van der Waals surface area contributed by atoms with Gasteiger partial charge >= 0.3 is 5.97 Å². The SMILES string of the molecule is CSCCC(N)C(=O)NC(CCC(N)=O)C(=O)NC(CCCN=C(N)N)C(=O)NC(Cc1cnc[nH]1)C(=O)O. The first-order valence-corrected chi connectivity index (χ1v) is 13.5. The lowest BCUT2D eigenvalue weighted by Gasteiger charge is -2.25. The number of nitrogens with two attached hydrogens (primary N) is 4. The van der Waals surface area contributed by atoms with Gasteiger partial charge in [0.1, 0.15) is 18.1 Å². The molecule has 0 aliphatic carbocycles. The summed E-state index contributed by atoms with van der Waals surface area (Å²) in [5, 5.41) is 17.1. The van der Waals surface area contributed by atoms with E-state index in [4.69, 9.17) is 22.9 Å². The molecule has 0 aromatic carbocycles. The highest BCUT2D eigenvalue weighted by Gasteiger charge is 2.30. The van der Waals surface area contributed by atoms with Crippen molar-refractivity contribution >= 4 is 47.3 Å². The Kier molecular flexibility index (Phi) is 15.0. The number of H-pyrrole nitrogens is 1. The number of amides is 4. The number of aromatic nitrogens is 2. The Morgan fingerprint density at radius 2 is 1.62 bits per heavy atom. The van der Waals surface area contributed by atoms with E-state index in [1.54, 1.807) is 0 Å². The number of carboxylic acids is 1. The van der Waals surface area contributed by atoms with Crippen molar-refractivity contribution in [1.82, 2.24) is 25.9 Å². The van der Waals surface area contributed by atoms with E-state index in [0.717, 1.165) is 0 Å². The van der Waals surface area contributed by atoms with Gasteiger partial charge in [0.25, 0.3) is 0 Å². The topological polar surface area (TPSA) is 287 Å². The summed E-state index contributed by atoms with van der Waals surface area (Å²) in [7, 11) is 0. The number of guanidine groups is 1. The first kappa shape index (κ1) is 33.2. The third-order valence-corrected chi connectivity index (χ3v) is 6.10. The highest BCUT2D eigenvalue weighted by molar-refractivity contribution is 7.98. The fraction of sp³-hybridized carbons (Fsp3) is 0.591. The van der Waals surface area contributed by atoms with Gasteiger partial charge in [-0.05, 0) is 37.7 Å². The van der Waals surface area contributed by atoms with Crippen molar-refractivity contribution in [2.24, 2.45) is 27.9 Å². The van der Waals surface area contributed by atoms with Gasteiger partial charge in [-0.1, -0.05) is 0 Å². The van der Waals surface area contributed by atoms with E-state index in [-0.39, 0.29) is 44.6 Å². The van der Waals surface area contributed by atoms with Crippen molar-refractivity contribution in [2.75, 3.05) is 18.6 Å². The summed E-state index contributed by atoms with van der Waals surface area (Å²) in [6, 6.07) is -4.65. The van der Waals surface area contributed by atoms with Gasteiger partial charge in [0.05, 0.1) is 12.4 Å². The number of carbonyl (C=O) groups excluding carboxylic acids is 4. The lowest BCUT2D eigenvalue weighted by Crippen LogP contribution is -2.57. The number of nitrogens with one attached hydrogen (secondary N) is 4. The Bertz CT molecular complexity index is 986. The Labute approximate surface area is 229 Å². The predicted molar refractivity (Wildman–Crippen MR) is 145 cm³/mol. The molecule has 0 saturated heterocycles. The lowest BCUT2D eigenvalue weighted by molar-refractivity contribution is -0.142. The second kappa shape index (κ2) is 17.6. The van der Waals surface area contributed by atoms with Crippen LogP contribution in [-0.2, 0) is 30.4 Å². The standard InChI is InChI=1S/C22H38N10O6S/c1-39-8-6-13(23)18(34)30-15(4-5-17(24)33)20(36)31-14(3-2-7-28-22(25)26)19(35)32-16(21(37)38)9-12-10-27-11-29-12/h10-11,13-16H,2-9,23H2,1H3,(H2,24,33)(H,27,29)(H,30,34)(H,31,36)(H,32,35)(H,37,38)(H4,25,26,28). The number of aliphatic carboxylic acids is 1. The normalized spacial score (nSPS) is 13.8. The van der Waals surface area contributed by atoms with E-state index in [1.807, 2.05) is 6.26 Å². The number of hydrogen-bond donors (Lipinski definition) is 9. The van der Waals surface area contributed by atoms with Crippen LogP contribution in [0, 0.1) is 0 Å². The number of carbonyl (C=O) groups is 5. The van der Waals surface area contributed by atoms with Crippen molar-refractivity contribution < 1.29 is 29.1 Å². The summed E-state index contributed by atoms with van der Waals surface area (Å²) in [5.41, 5.74) is 22.2. The Morgan fingerprint density at radius 3 is 2.15 bits per heavy atom. The van der Waals surface area contributed by atoms with Crippen LogP contribution in [0.4, 0.5) is 0 Å². The smallest absolute Gasteiger partial charge is 0.326 e. The van der Waals surface area contributed by atoms with Gasteiger partial charge in [-0.2, -0.15) is 11.8 Å². The number of nitrogens with zero attached hydrogens (tertiary/aromatic N) is 2.